The maximum Gasteiger partial charge on any atom is 0.0951 e. The minimum absolute atomic E-state index is 0.0482. The van der Waals surface area contributed by atoms with Crippen LogP contribution < -0.4 is 5.32 Å². The Morgan fingerprint density at radius 2 is 2.31 bits per heavy atom. The number of nitrogens with zero attached hydrogens (tertiary/aromatic N) is 2. The molecule has 4 heteroatoms. The Morgan fingerprint density at radius 3 is 2.94 bits per heavy atom. The van der Waals surface area contributed by atoms with E-state index in [0.29, 0.717) is 12.0 Å². The summed E-state index contributed by atoms with van der Waals surface area (Å²) in [5.74, 6) is 0.658. The molecule has 0 unspecified atom stereocenters. The largest absolute Gasteiger partial charge is 0.393 e. The fraction of sp³-hybridized carbons (Fsp3) is 0.750. The lowest BCUT2D eigenvalue weighted by Crippen LogP contribution is -2.36. The topological polar surface area (TPSA) is 50.1 Å². The molecule has 0 amide bonds. The van der Waals surface area contributed by atoms with E-state index >= 15 is 0 Å². The molecule has 0 spiro atoms. The molecule has 1 aromatic rings. The van der Waals surface area contributed by atoms with Crippen molar-refractivity contribution in [3.63, 3.8) is 0 Å². The zero-order chi connectivity index (χ0) is 11.5. The molecule has 1 fully saturated rings. The normalized spacial score (nSPS) is 24.8. The Balaban J connectivity index is 1.74. The molecule has 4 nitrogen and oxygen atoms in total. The molecule has 0 aliphatic heterocycles. The van der Waals surface area contributed by atoms with Crippen LogP contribution in [-0.4, -0.2) is 27.3 Å². The fourth-order valence-corrected chi connectivity index (χ4v) is 2.21. The summed E-state index contributed by atoms with van der Waals surface area (Å²) in [6, 6.07) is 0.463. The lowest BCUT2D eigenvalue weighted by molar-refractivity contribution is 0.0429. The smallest absolute Gasteiger partial charge is 0.0951 e. The first-order chi connectivity index (χ1) is 7.66. The number of nitrogens with one attached hydrogen (secondary N) is 1. The van der Waals surface area contributed by atoms with E-state index < -0.39 is 0 Å². The van der Waals surface area contributed by atoms with E-state index in [-0.39, 0.29) is 6.10 Å². The van der Waals surface area contributed by atoms with Crippen molar-refractivity contribution in [1.29, 1.82) is 0 Å². The van der Waals surface area contributed by atoms with Crippen LogP contribution >= 0.6 is 0 Å². The molecule has 16 heavy (non-hydrogen) atoms. The maximum absolute atomic E-state index is 9.18. The maximum atomic E-state index is 9.18. The van der Waals surface area contributed by atoms with Gasteiger partial charge >= 0.3 is 0 Å². The molecule has 0 aromatic carbocycles. The van der Waals surface area contributed by atoms with Crippen LogP contribution in [0.25, 0.3) is 0 Å². The van der Waals surface area contributed by atoms with Crippen LogP contribution in [-0.2, 0) is 6.54 Å². The van der Waals surface area contributed by atoms with E-state index in [2.05, 4.69) is 28.7 Å². The first-order valence-electron chi connectivity index (χ1n) is 6.06. The third-order valence-corrected chi connectivity index (χ3v) is 3.25. The second-order valence-electron chi connectivity index (χ2n) is 5.01. The molecule has 0 radical (unpaired) electrons. The van der Waals surface area contributed by atoms with E-state index in [9.17, 15) is 5.11 Å². The summed E-state index contributed by atoms with van der Waals surface area (Å²) in [7, 11) is 0. The van der Waals surface area contributed by atoms with Crippen molar-refractivity contribution in [1.82, 2.24) is 14.9 Å². The van der Waals surface area contributed by atoms with E-state index in [1.165, 1.54) is 5.69 Å². The summed E-state index contributed by atoms with van der Waals surface area (Å²) in [5.41, 5.74) is 1.23. The first-order valence-corrected chi connectivity index (χ1v) is 6.06. The summed E-state index contributed by atoms with van der Waals surface area (Å²) < 4.78 is 2.18. The Labute approximate surface area is 96.7 Å². The predicted molar refractivity (Wildman–Crippen MR) is 63.0 cm³/mol. The molecule has 0 saturated heterocycles. The summed E-state index contributed by atoms with van der Waals surface area (Å²) in [5, 5.41) is 12.6. The Hall–Kier alpha value is -0.870. The van der Waals surface area contributed by atoms with Gasteiger partial charge in [-0.05, 0) is 39.2 Å². The molecule has 2 rings (SSSR count). The van der Waals surface area contributed by atoms with E-state index in [1.807, 2.05) is 12.5 Å². The molecule has 1 aromatic heterocycles. The number of aliphatic hydroxyl groups is 1. The van der Waals surface area contributed by atoms with Crippen LogP contribution in [0, 0.1) is 5.92 Å². The van der Waals surface area contributed by atoms with Gasteiger partial charge < -0.3 is 15.0 Å². The standard InChI is InChI=1S/C12H21N3O/c1-9(2)15-8-14-7-11(15)6-13-5-10-3-12(16)4-10/h7-10,12-13,16H,3-6H2,1-2H3. The zero-order valence-electron chi connectivity index (χ0n) is 10.1. The van der Waals surface area contributed by atoms with Crippen LogP contribution in [0.1, 0.15) is 38.4 Å². The third-order valence-electron chi connectivity index (χ3n) is 3.25. The quantitative estimate of drug-likeness (QED) is 0.791. The molecule has 0 bridgehead atoms. The second kappa shape index (κ2) is 4.97. The van der Waals surface area contributed by atoms with Gasteiger partial charge in [0.15, 0.2) is 0 Å². The van der Waals surface area contributed by atoms with Gasteiger partial charge in [-0.3, -0.25) is 0 Å². The number of hydrogen-bond donors (Lipinski definition) is 2. The van der Waals surface area contributed by atoms with E-state index in [0.717, 1.165) is 25.9 Å². The number of rotatable bonds is 5. The average molecular weight is 223 g/mol. The molecule has 2 N–H and O–H groups in total. The molecule has 0 atom stereocenters. The SMILES string of the molecule is CC(C)n1cncc1CNCC1CC(O)C1. The third kappa shape index (κ3) is 2.62. The molecular formula is C12H21N3O. The number of hydrogen-bond acceptors (Lipinski definition) is 3. The zero-order valence-corrected chi connectivity index (χ0v) is 10.1. The summed E-state index contributed by atoms with van der Waals surface area (Å²) in [6.07, 6.45) is 5.66. The molecule has 90 valence electrons. The fourth-order valence-electron chi connectivity index (χ4n) is 2.21. The van der Waals surface area contributed by atoms with Crippen molar-refractivity contribution in [2.75, 3.05) is 6.54 Å². The van der Waals surface area contributed by atoms with E-state index in [1.54, 1.807) is 0 Å². The average Bonchev–Trinajstić information content (AvgIpc) is 2.63. The number of aromatic nitrogens is 2. The minimum Gasteiger partial charge on any atom is -0.393 e. The molecular weight excluding hydrogens is 202 g/mol. The summed E-state index contributed by atoms with van der Waals surface area (Å²) in [4.78, 5) is 4.17. The molecule has 1 saturated carbocycles. The Morgan fingerprint density at radius 1 is 1.56 bits per heavy atom. The van der Waals surface area contributed by atoms with Gasteiger partial charge in [0.1, 0.15) is 0 Å². The highest BCUT2D eigenvalue weighted by Crippen LogP contribution is 2.26. The predicted octanol–water partition coefficient (Wildman–Crippen LogP) is 1.32. The Kier molecular flexibility index (Phi) is 3.61. The van der Waals surface area contributed by atoms with Crippen molar-refractivity contribution < 1.29 is 5.11 Å². The molecule has 1 aliphatic carbocycles. The second-order valence-corrected chi connectivity index (χ2v) is 5.01. The summed E-state index contributed by atoms with van der Waals surface area (Å²) >= 11 is 0. The van der Waals surface area contributed by atoms with Gasteiger partial charge in [0.05, 0.1) is 18.1 Å². The van der Waals surface area contributed by atoms with Crippen molar-refractivity contribution >= 4 is 0 Å². The van der Waals surface area contributed by atoms with Gasteiger partial charge in [-0.2, -0.15) is 0 Å². The van der Waals surface area contributed by atoms with Gasteiger partial charge in [-0.1, -0.05) is 0 Å². The van der Waals surface area contributed by atoms with Crippen LogP contribution in [0.15, 0.2) is 12.5 Å². The van der Waals surface area contributed by atoms with Crippen LogP contribution in [0.5, 0.6) is 0 Å². The van der Waals surface area contributed by atoms with Crippen molar-refractivity contribution in [2.24, 2.45) is 5.92 Å². The van der Waals surface area contributed by atoms with Crippen molar-refractivity contribution in [2.45, 2.75) is 45.4 Å². The van der Waals surface area contributed by atoms with Crippen LogP contribution in [0.4, 0.5) is 0 Å². The van der Waals surface area contributed by atoms with E-state index in [4.69, 9.17) is 0 Å². The van der Waals surface area contributed by atoms with Crippen molar-refractivity contribution in [3.8, 4) is 0 Å². The molecule has 1 heterocycles. The Bertz CT molecular complexity index is 329. The van der Waals surface area contributed by atoms with Crippen LogP contribution in [0.2, 0.25) is 0 Å². The van der Waals surface area contributed by atoms with Gasteiger partial charge in [0.2, 0.25) is 0 Å². The van der Waals surface area contributed by atoms with Gasteiger partial charge in [-0.15, -0.1) is 0 Å². The highest BCUT2D eigenvalue weighted by molar-refractivity contribution is 4.99. The van der Waals surface area contributed by atoms with Gasteiger partial charge in [0.25, 0.3) is 0 Å². The monoisotopic (exact) mass is 223 g/mol. The van der Waals surface area contributed by atoms with Gasteiger partial charge in [-0.25, -0.2) is 4.98 Å². The first kappa shape index (κ1) is 11.6. The van der Waals surface area contributed by atoms with Crippen molar-refractivity contribution in [3.05, 3.63) is 18.2 Å². The highest BCUT2D eigenvalue weighted by Gasteiger charge is 2.26. The lowest BCUT2D eigenvalue weighted by Gasteiger charge is -2.31. The minimum atomic E-state index is -0.0482. The van der Waals surface area contributed by atoms with Crippen LogP contribution in [0.3, 0.4) is 0 Å². The number of imidazole rings is 1. The lowest BCUT2D eigenvalue weighted by atomic mass is 9.82. The highest BCUT2D eigenvalue weighted by atomic mass is 16.3. The number of aliphatic hydroxyl groups excluding tert-OH is 1. The summed E-state index contributed by atoms with van der Waals surface area (Å²) in [6.45, 7) is 6.19. The molecule has 1 aliphatic rings. The van der Waals surface area contributed by atoms with Gasteiger partial charge in [0, 0.05) is 18.8 Å².